The summed E-state index contributed by atoms with van der Waals surface area (Å²) < 4.78 is 18.5. The molecule has 1 fully saturated rings. The molecule has 1 aliphatic rings. The van der Waals surface area contributed by atoms with E-state index in [2.05, 4.69) is 19.2 Å². The third-order valence-electron chi connectivity index (χ3n) is 4.26. The Labute approximate surface area is 128 Å². The molecule has 21 heavy (non-hydrogen) atoms. The molecule has 1 aromatic rings. The van der Waals surface area contributed by atoms with Crippen LogP contribution in [0.25, 0.3) is 0 Å². The number of halogens is 1. The van der Waals surface area contributed by atoms with Gasteiger partial charge in [0, 0.05) is 19.3 Å². The van der Waals surface area contributed by atoms with Crippen LogP contribution in [0.1, 0.15) is 38.7 Å². The predicted molar refractivity (Wildman–Crippen MR) is 84.9 cm³/mol. The number of ether oxygens (including phenoxy) is 1. The van der Waals surface area contributed by atoms with E-state index < -0.39 is 0 Å². The van der Waals surface area contributed by atoms with Gasteiger partial charge in [0.25, 0.3) is 0 Å². The van der Waals surface area contributed by atoms with Gasteiger partial charge in [0.15, 0.2) is 0 Å². The third-order valence-corrected chi connectivity index (χ3v) is 4.26. The summed E-state index contributed by atoms with van der Waals surface area (Å²) in [6.45, 7) is 7.22. The Kier molecular flexibility index (Phi) is 6.65. The van der Waals surface area contributed by atoms with Crippen LogP contribution in [0.5, 0.6) is 0 Å². The highest BCUT2D eigenvalue weighted by Gasteiger charge is 2.20. The van der Waals surface area contributed by atoms with Crippen molar-refractivity contribution in [3.05, 3.63) is 35.6 Å². The summed E-state index contributed by atoms with van der Waals surface area (Å²) in [5.74, 6) is 1.24. The second kappa shape index (κ2) is 8.50. The van der Waals surface area contributed by atoms with Gasteiger partial charge in [0.1, 0.15) is 5.82 Å². The summed E-state index contributed by atoms with van der Waals surface area (Å²) in [4.78, 5) is 0. The van der Waals surface area contributed by atoms with Crippen LogP contribution in [0.15, 0.2) is 24.3 Å². The lowest BCUT2D eigenvalue weighted by Gasteiger charge is -2.27. The van der Waals surface area contributed by atoms with E-state index in [1.165, 1.54) is 24.8 Å². The van der Waals surface area contributed by atoms with Crippen molar-refractivity contribution in [3.63, 3.8) is 0 Å². The zero-order valence-electron chi connectivity index (χ0n) is 13.3. The minimum atomic E-state index is -0.153. The van der Waals surface area contributed by atoms with Crippen molar-refractivity contribution in [3.8, 4) is 0 Å². The van der Waals surface area contributed by atoms with Crippen molar-refractivity contribution in [2.75, 3.05) is 19.8 Å². The molecular weight excluding hydrogens is 265 g/mol. The molecule has 118 valence electrons. The largest absolute Gasteiger partial charge is 0.381 e. The molecule has 1 aromatic carbocycles. The van der Waals surface area contributed by atoms with Crippen LogP contribution in [0.3, 0.4) is 0 Å². The maximum atomic E-state index is 13.0. The molecule has 0 saturated carbocycles. The van der Waals surface area contributed by atoms with Gasteiger partial charge in [-0.2, -0.15) is 0 Å². The monoisotopic (exact) mass is 293 g/mol. The molecule has 2 rings (SSSR count). The maximum Gasteiger partial charge on any atom is 0.123 e. The minimum Gasteiger partial charge on any atom is -0.381 e. The van der Waals surface area contributed by atoms with E-state index in [0.717, 1.165) is 32.1 Å². The molecule has 1 atom stereocenters. The Morgan fingerprint density at radius 2 is 1.86 bits per heavy atom. The summed E-state index contributed by atoms with van der Waals surface area (Å²) in [6.07, 6.45) is 4.63. The molecule has 1 unspecified atom stereocenters. The van der Waals surface area contributed by atoms with Gasteiger partial charge < -0.3 is 10.1 Å². The number of hydrogen-bond acceptors (Lipinski definition) is 2. The first-order chi connectivity index (χ1) is 10.1. The molecule has 0 aliphatic carbocycles. The first-order valence-electron chi connectivity index (χ1n) is 8.19. The molecule has 0 spiro atoms. The van der Waals surface area contributed by atoms with Crippen molar-refractivity contribution in [2.45, 2.75) is 45.6 Å². The summed E-state index contributed by atoms with van der Waals surface area (Å²) in [6, 6.07) is 7.48. The van der Waals surface area contributed by atoms with Crippen molar-refractivity contribution >= 4 is 0 Å². The van der Waals surface area contributed by atoms with Crippen molar-refractivity contribution in [1.82, 2.24) is 5.32 Å². The van der Waals surface area contributed by atoms with Crippen molar-refractivity contribution in [1.29, 1.82) is 0 Å². The van der Waals surface area contributed by atoms with Gasteiger partial charge in [-0.15, -0.1) is 0 Å². The average Bonchev–Trinajstić information content (AvgIpc) is 2.48. The Morgan fingerprint density at radius 3 is 2.48 bits per heavy atom. The molecule has 0 amide bonds. The molecule has 2 nitrogen and oxygen atoms in total. The highest BCUT2D eigenvalue weighted by atomic mass is 19.1. The first-order valence-corrected chi connectivity index (χ1v) is 8.19. The van der Waals surface area contributed by atoms with E-state index in [0.29, 0.717) is 12.0 Å². The lowest BCUT2D eigenvalue weighted by molar-refractivity contribution is 0.0584. The van der Waals surface area contributed by atoms with Gasteiger partial charge in [0.2, 0.25) is 0 Å². The zero-order valence-corrected chi connectivity index (χ0v) is 13.3. The molecule has 1 heterocycles. The number of benzene rings is 1. The summed E-state index contributed by atoms with van der Waals surface area (Å²) in [7, 11) is 0. The summed E-state index contributed by atoms with van der Waals surface area (Å²) >= 11 is 0. The highest BCUT2D eigenvalue weighted by Crippen LogP contribution is 2.25. The topological polar surface area (TPSA) is 21.3 Å². The van der Waals surface area contributed by atoms with Crippen molar-refractivity contribution in [2.24, 2.45) is 11.8 Å². The fraction of sp³-hybridized carbons (Fsp3) is 0.667. The van der Waals surface area contributed by atoms with E-state index in [1.807, 2.05) is 12.1 Å². The standard InChI is InChI=1S/C18H28FNO/c1-14(2)20-13-17(12-16-7-9-21-10-8-16)11-15-3-5-18(19)6-4-15/h3-6,14,16-17,20H,7-13H2,1-2H3. The predicted octanol–water partition coefficient (Wildman–Crippen LogP) is 3.80. The average molecular weight is 293 g/mol. The second-order valence-corrected chi connectivity index (χ2v) is 6.55. The molecule has 3 heteroatoms. The van der Waals surface area contributed by atoms with E-state index in [4.69, 9.17) is 4.74 Å². The van der Waals surface area contributed by atoms with Gasteiger partial charge in [-0.25, -0.2) is 4.39 Å². The number of hydrogen-bond donors (Lipinski definition) is 1. The quantitative estimate of drug-likeness (QED) is 0.825. The maximum absolute atomic E-state index is 13.0. The zero-order chi connectivity index (χ0) is 15.1. The fourth-order valence-electron chi connectivity index (χ4n) is 3.05. The molecule has 1 saturated heterocycles. The summed E-state index contributed by atoms with van der Waals surface area (Å²) in [5.41, 5.74) is 1.24. The first kappa shape index (κ1) is 16.4. The molecule has 0 aromatic heterocycles. The van der Waals surface area contributed by atoms with Gasteiger partial charge in [0.05, 0.1) is 0 Å². The fourth-order valence-corrected chi connectivity index (χ4v) is 3.05. The van der Waals surface area contributed by atoms with Gasteiger partial charge in [-0.3, -0.25) is 0 Å². The Morgan fingerprint density at radius 1 is 1.19 bits per heavy atom. The molecule has 1 aliphatic heterocycles. The van der Waals surface area contributed by atoms with Gasteiger partial charge in [-0.05, 0) is 61.8 Å². The van der Waals surface area contributed by atoms with Crippen LogP contribution in [0, 0.1) is 17.7 Å². The number of nitrogens with one attached hydrogen (secondary N) is 1. The Balaban J connectivity index is 1.91. The van der Waals surface area contributed by atoms with Gasteiger partial charge >= 0.3 is 0 Å². The van der Waals surface area contributed by atoms with E-state index in [1.54, 1.807) is 12.1 Å². The van der Waals surface area contributed by atoms with Gasteiger partial charge in [-0.1, -0.05) is 26.0 Å². The van der Waals surface area contributed by atoms with Crippen LogP contribution in [-0.4, -0.2) is 25.8 Å². The van der Waals surface area contributed by atoms with Crippen LogP contribution in [0.2, 0.25) is 0 Å². The van der Waals surface area contributed by atoms with Crippen LogP contribution in [-0.2, 0) is 11.2 Å². The van der Waals surface area contributed by atoms with Crippen LogP contribution >= 0.6 is 0 Å². The Hall–Kier alpha value is -0.930. The van der Waals surface area contributed by atoms with E-state index >= 15 is 0 Å². The molecule has 0 radical (unpaired) electrons. The van der Waals surface area contributed by atoms with Crippen LogP contribution in [0.4, 0.5) is 4.39 Å². The Bertz CT molecular complexity index is 398. The van der Waals surface area contributed by atoms with E-state index in [9.17, 15) is 4.39 Å². The number of rotatable bonds is 7. The molecule has 1 N–H and O–H groups in total. The highest BCUT2D eigenvalue weighted by molar-refractivity contribution is 5.16. The van der Waals surface area contributed by atoms with Crippen molar-refractivity contribution < 1.29 is 9.13 Å². The minimum absolute atomic E-state index is 0.153. The SMILES string of the molecule is CC(C)NCC(Cc1ccc(F)cc1)CC1CCOCC1. The smallest absolute Gasteiger partial charge is 0.123 e. The third kappa shape index (κ3) is 6.15. The van der Waals surface area contributed by atoms with Crippen LogP contribution < -0.4 is 5.32 Å². The lowest BCUT2D eigenvalue weighted by Crippen LogP contribution is -2.32. The normalized spacial score (nSPS) is 18.1. The molecule has 0 bridgehead atoms. The molecular formula is C18H28FNO. The lowest BCUT2D eigenvalue weighted by atomic mass is 9.85. The summed E-state index contributed by atoms with van der Waals surface area (Å²) in [5, 5.41) is 3.56. The van der Waals surface area contributed by atoms with E-state index in [-0.39, 0.29) is 5.82 Å². The second-order valence-electron chi connectivity index (χ2n) is 6.55.